The van der Waals surface area contributed by atoms with Crippen LogP contribution in [0.1, 0.15) is 117 Å². The monoisotopic (exact) mass is 904 g/mol. The van der Waals surface area contributed by atoms with Gasteiger partial charge in [-0.3, -0.25) is 4.79 Å². The summed E-state index contributed by atoms with van der Waals surface area (Å²) in [7, 11) is 0. The second kappa shape index (κ2) is 36.1. The molecule has 2 aliphatic rings. The van der Waals surface area contributed by atoms with Crippen molar-refractivity contribution in [1.29, 1.82) is 0 Å². The lowest BCUT2D eigenvalue weighted by atomic mass is 9.97. The molecule has 0 aromatic rings. The van der Waals surface area contributed by atoms with Crippen LogP contribution < -0.4 is 5.32 Å². The van der Waals surface area contributed by atoms with E-state index in [1.165, 1.54) is 19.3 Å². The Balaban J connectivity index is 1.94. The lowest BCUT2D eigenvalue weighted by Gasteiger charge is -2.46. The van der Waals surface area contributed by atoms with Crippen molar-refractivity contribution >= 4 is 5.91 Å². The van der Waals surface area contributed by atoms with Gasteiger partial charge in [-0.1, -0.05) is 124 Å². The van der Waals surface area contributed by atoms with E-state index in [2.05, 4.69) is 98.2 Å². The van der Waals surface area contributed by atoms with E-state index in [1.807, 2.05) is 12.2 Å². The van der Waals surface area contributed by atoms with Crippen molar-refractivity contribution in [2.24, 2.45) is 0 Å². The lowest BCUT2D eigenvalue weighted by Crippen LogP contribution is -2.65. The molecule has 0 radical (unpaired) electrons. The number of aliphatic hydroxyl groups excluding tert-OH is 8. The highest BCUT2D eigenvalue weighted by Crippen LogP contribution is 2.29. The molecule has 0 aromatic carbocycles. The average Bonchev–Trinajstić information content (AvgIpc) is 3.29. The van der Waals surface area contributed by atoms with Crippen LogP contribution in [0.2, 0.25) is 0 Å². The largest absolute Gasteiger partial charge is 0.394 e. The zero-order valence-corrected chi connectivity index (χ0v) is 38.2. The molecule has 1 amide bonds. The molecule has 12 unspecified atom stereocenters. The summed E-state index contributed by atoms with van der Waals surface area (Å²) in [4.78, 5) is 13.1. The maximum Gasteiger partial charge on any atom is 0.220 e. The van der Waals surface area contributed by atoms with Crippen molar-refractivity contribution in [2.75, 3.05) is 19.8 Å². The first kappa shape index (κ1) is 57.0. The predicted molar refractivity (Wildman–Crippen MR) is 249 cm³/mol. The molecule has 0 saturated carbocycles. The molecule has 2 rings (SSSR count). The van der Waals surface area contributed by atoms with Crippen LogP contribution in [0, 0.1) is 0 Å². The maximum atomic E-state index is 13.1. The number of amides is 1. The Labute approximate surface area is 382 Å². The normalized spacial score (nSPS) is 28.2. The third-order valence-corrected chi connectivity index (χ3v) is 10.7. The minimum absolute atomic E-state index is 0.185. The minimum atomic E-state index is -1.80. The molecule has 2 saturated heterocycles. The Morgan fingerprint density at radius 3 is 1.66 bits per heavy atom. The average molecular weight is 904 g/mol. The Hall–Kier alpha value is -3.09. The quantitative estimate of drug-likeness (QED) is 0.0305. The molecular formula is C50H81NO13. The Bertz CT molecular complexity index is 1440. The van der Waals surface area contributed by atoms with Crippen molar-refractivity contribution in [3.8, 4) is 0 Å². The first-order chi connectivity index (χ1) is 31.1. The van der Waals surface area contributed by atoms with E-state index in [-0.39, 0.29) is 18.9 Å². The molecule has 14 heteroatoms. The fourth-order valence-electron chi connectivity index (χ4n) is 6.88. The molecular weight excluding hydrogens is 823 g/mol. The smallest absolute Gasteiger partial charge is 0.220 e. The van der Waals surface area contributed by atoms with Gasteiger partial charge in [0.2, 0.25) is 5.91 Å². The Kier molecular flexibility index (Phi) is 32.2. The van der Waals surface area contributed by atoms with Gasteiger partial charge in [0.1, 0.15) is 48.8 Å². The van der Waals surface area contributed by atoms with E-state index in [0.717, 1.165) is 57.8 Å². The van der Waals surface area contributed by atoms with Gasteiger partial charge >= 0.3 is 0 Å². The molecule has 0 aromatic heterocycles. The van der Waals surface area contributed by atoms with Gasteiger partial charge in [0.05, 0.1) is 32.0 Å². The molecule has 0 spiro atoms. The summed E-state index contributed by atoms with van der Waals surface area (Å²) in [5.74, 6) is -0.317. The molecule has 0 aliphatic carbocycles. The number of hydrogen-bond acceptors (Lipinski definition) is 13. The van der Waals surface area contributed by atoms with E-state index in [4.69, 9.17) is 18.9 Å². The van der Waals surface area contributed by atoms with Crippen LogP contribution in [0.15, 0.2) is 97.2 Å². The van der Waals surface area contributed by atoms with Crippen LogP contribution in [0.3, 0.4) is 0 Å². The Morgan fingerprint density at radius 1 is 0.578 bits per heavy atom. The number of allylic oxidation sites excluding steroid dienone is 15. The second-order valence-corrected chi connectivity index (χ2v) is 16.1. The molecule has 364 valence electrons. The summed E-state index contributed by atoms with van der Waals surface area (Å²) in [5, 5.41) is 86.5. The van der Waals surface area contributed by atoms with Crippen LogP contribution in [-0.2, 0) is 23.7 Å². The van der Waals surface area contributed by atoms with Crippen LogP contribution in [0.5, 0.6) is 0 Å². The number of nitrogens with one attached hydrogen (secondary N) is 1. The van der Waals surface area contributed by atoms with E-state index < -0.39 is 86.8 Å². The molecule has 12 atom stereocenters. The highest BCUT2D eigenvalue weighted by Gasteiger charge is 2.50. The number of carbonyl (C=O) groups excluding carboxylic acids is 1. The van der Waals surface area contributed by atoms with Crippen molar-refractivity contribution < 1.29 is 64.6 Å². The zero-order valence-electron chi connectivity index (χ0n) is 38.2. The number of rotatable bonds is 33. The zero-order chi connectivity index (χ0) is 46.8. The molecule has 0 bridgehead atoms. The van der Waals surface area contributed by atoms with Crippen LogP contribution in [0.4, 0.5) is 0 Å². The van der Waals surface area contributed by atoms with Gasteiger partial charge < -0.3 is 65.1 Å². The van der Waals surface area contributed by atoms with Crippen molar-refractivity contribution in [3.05, 3.63) is 97.2 Å². The van der Waals surface area contributed by atoms with Crippen LogP contribution in [0.25, 0.3) is 0 Å². The van der Waals surface area contributed by atoms with Gasteiger partial charge in [-0.05, 0) is 83.5 Å². The van der Waals surface area contributed by atoms with Gasteiger partial charge in [-0.2, -0.15) is 0 Å². The SMILES string of the molecule is CC/C=C\C/C=C\C/C=C\C/C=C\C/C=C\CCCC(=O)NC(COC1OC(CO)C(OC2OC(CO)C(O)C(O)C2O)C(O)C1O)C(O)/C=C/CC/C=C/CC/C=C/CCCCC. The van der Waals surface area contributed by atoms with Gasteiger partial charge in [-0.25, -0.2) is 0 Å². The summed E-state index contributed by atoms with van der Waals surface area (Å²) in [6.45, 7) is 2.52. The topological polar surface area (TPSA) is 228 Å². The summed E-state index contributed by atoms with van der Waals surface area (Å²) >= 11 is 0. The molecule has 2 aliphatic heterocycles. The fraction of sp³-hybridized carbons (Fsp3) is 0.660. The van der Waals surface area contributed by atoms with Crippen molar-refractivity contribution in [2.45, 2.75) is 190 Å². The number of aliphatic hydroxyl groups is 8. The Morgan fingerprint density at radius 2 is 1.08 bits per heavy atom. The summed E-state index contributed by atoms with van der Waals surface area (Å²) in [5.41, 5.74) is 0. The second-order valence-electron chi connectivity index (χ2n) is 16.1. The first-order valence-electron chi connectivity index (χ1n) is 23.5. The summed E-state index contributed by atoms with van der Waals surface area (Å²) < 4.78 is 22.6. The summed E-state index contributed by atoms with van der Waals surface area (Å²) in [6.07, 6.45) is 30.3. The van der Waals surface area contributed by atoms with E-state index in [9.17, 15) is 45.6 Å². The highest BCUT2D eigenvalue weighted by atomic mass is 16.7. The van der Waals surface area contributed by atoms with Crippen LogP contribution in [-0.4, -0.2) is 140 Å². The third-order valence-electron chi connectivity index (χ3n) is 10.7. The number of ether oxygens (including phenoxy) is 4. The van der Waals surface area contributed by atoms with Gasteiger partial charge in [0.25, 0.3) is 0 Å². The predicted octanol–water partition coefficient (Wildman–Crippen LogP) is 5.20. The van der Waals surface area contributed by atoms with E-state index >= 15 is 0 Å². The molecule has 2 heterocycles. The van der Waals surface area contributed by atoms with Crippen molar-refractivity contribution in [3.63, 3.8) is 0 Å². The molecule has 64 heavy (non-hydrogen) atoms. The van der Waals surface area contributed by atoms with Crippen molar-refractivity contribution in [1.82, 2.24) is 5.32 Å². The van der Waals surface area contributed by atoms with Gasteiger partial charge in [-0.15, -0.1) is 0 Å². The summed E-state index contributed by atoms with van der Waals surface area (Å²) in [6, 6.07) is -0.972. The van der Waals surface area contributed by atoms with E-state index in [1.54, 1.807) is 6.08 Å². The number of hydrogen-bond donors (Lipinski definition) is 9. The lowest BCUT2D eigenvalue weighted by molar-refractivity contribution is -0.359. The van der Waals surface area contributed by atoms with Gasteiger partial charge in [0.15, 0.2) is 12.6 Å². The molecule has 9 N–H and O–H groups in total. The van der Waals surface area contributed by atoms with Crippen LogP contribution >= 0.6 is 0 Å². The fourth-order valence-corrected chi connectivity index (χ4v) is 6.88. The third kappa shape index (κ3) is 23.4. The highest BCUT2D eigenvalue weighted by molar-refractivity contribution is 5.76. The maximum absolute atomic E-state index is 13.1. The number of unbranched alkanes of at least 4 members (excludes halogenated alkanes) is 6. The van der Waals surface area contributed by atoms with E-state index in [0.29, 0.717) is 19.3 Å². The van der Waals surface area contributed by atoms with Gasteiger partial charge in [0, 0.05) is 6.42 Å². The molecule has 14 nitrogen and oxygen atoms in total. The molecule has 2 fully saturated rings. The number of carbonyl (C=O) groups is 1. The first-order valence-corrected chi connectivity index (χ1v) is 23.5. The minimum Gasteiger partial charge on any atom is -0.394 e. The standard InChI is InChI=1S/C50H81NO13/c1-3-5-7-9-11-13-15-17-18-19-20-22-24-26-28-30-32-34-42(55)51-38(39(54)33-31-29-27-25-23-21-16-14-12-10-8-6-4-2)37-61-49-47(60)45(58)48(41(36-53)63-49)64-50-46(59)44(57)43(56)40(35-52)62-50/h5,7,11-14,17-18,20,22-23,25-26,28,31,33,38-41,43-50,52-54,56-60H,3-4,6,8-10,15-16,19,21,24,27,29-30,32,34-37H2,1-2H3,(H,51,55)/b7-5-,13-11-,14-12+,18-17-,22-20-,25-23+,28-26-,33-31+.